The molecule has 2 aromatic carbocycles. The average molecular weight is 500 g/mol. The van der Waals surface area contributed by atoms with Gasteiger partial charge in [0.15, 0.2) is 0 Å². The summed E-state index contributed by atoms with van der Waals surface area (Å²) in [6.07, 6.45) is 1.49. The number of amides is 2. The van der Waals surface area contributed by atoms with Gasteiger partial charge in [-0.25, -0.2) is 9.67 Å². The maximum Gasteiger partial charge on any atom is 0.293 e. The first kappa shape index (κ1) is 21.9. The largest absolute Gasteiger partial charge is 0.334 e. The molecule has 7 nitrogen and oxygen atoms in total. The molecule has 0 saturated carbocycles. The molecule has 0 N–H and O–H groups in total. The van der Waals surface area contributed by atoms with Gasteiger partial charge in [0.25, 0.3) is 11.8 Å². The van der Waals surface area contributed by atoms with E-state index in [0.717, 1.165) is 15.8 Å². The molecular weight excluding hydrogens is 481 g/mol. The third-order valence-corrected chi connectivity index (χ3v) is 7.56. The van der Waals surface area contributed by atoms with Crippen molar-refractivity contribution in [3.63, 3.8) is 0 Å². The highest BCUT2D eigenvalue weighted by Crippen LogP contribution is 2.36. The van der Waals surface area contributed by atoms with Crippen LogP contribution in [0, 0.1) is 0 Å². The normalized spacial score (nSPS) is 16.4. The van der Waals surface area contributed by atoms with Crippen LogP contribution in [0.1, 0.15) is 27.2 Å². The molecule has 1 fully saturated rings. The first-order valence-corrected chi connectivity index (χ1v) is 11.9. The highest BCUT2D eigenvalue weighted by atomic mass is 35.5. The number of carbonyl (C=O) groups excluding carboxylic acids is 2. The fraction of sp³-hybridized carbons (Fsp3) is 0.217. The van der Waals surface area contributed by atoms with E-state index >= 15 is 0 Å². The SMILES string of the molecule is CC1CN(C(=O)c2sc3ccccc3c2Cl)CCN1C(=O)c1ncn(-c2cccc(Cl)c2)n1. The lowest BCUT2D eigenvalue weighted by Crippen LogP contribution is -2.55. The third-order valence-electron chi connectivity index (χ3n) is 5.66. The van der Waals surface area contributed by atoms with E-state index in [4.69, 9.17) is 23.2 Å². The molecule has 1 unspecified atom stereocenters. The Morgan fingerprint density at radius 2 is 1.88 bits per heavy atom. The van der Waals surface area contributed by atoms with Crippen molar-refractivity contribution in [1.29, 1.82) is 0 Å². The second-order valence-corrected chi connectivity index (χ2v) is 9.70. The zero-order valence-corrected chi connectivity index (χ0v) is 19.9. The second-order valence-electron chi connectivity index (χ2n) is 7.83. The Bertz CT molecular complexity index is 1370. The minimum absolute atomic E-state index is 0.106. The fourth-order valence-corrected chi connectivity index (χ4v) is 5.64. The minimum atomic E-state index is -0.268. The topological polar surface area (TPSA) is 71.3 Å². The zero-order chi connectivity index (χ0) is 23.1. The summed E-state index contributed by atoms with van der Waals surface area (Å²) >= 11 is 13.9. The lowest BCUT2D eigenvalue weighted by molar-refractivity contribution is 0.0409. The first-order chi connectivity index (χ1) is 15.9. The van der Waals surface area contributed by atoms with Gasteiger partial charge in [0.2, 0.25) is 5.82 Å². The van der Waals surface area contributed by atoms with Crippen molar-refractivity contribution in [3.8, 4) is 5.69 Å². The van der Waals surface area contributed by atoms with Crippen LogP contribution in [0.4, 0.5) is 0 Å². The van der Waals surface area contributed by atoms with Gasteiger partial charge < -0.3 is 9.80 Å². The van der Waals surface area contributed by atoms with Crippen LogP contribution in [0.15, 0.2) is 54.9 Å². The van der Waals surface area contributed by atoms with Crippen molar-refractivity contribution in [1.82, 2.24) is 24.6 Å². The number of aromatic nitrogens is 3. The molecule has 1 atom stereocenters. The van der Waals surface area contributed by atoms with Crippen LogP contribution >= 0.6 is 34.5 Å². The van der Waals surface area contributed by atoms with E-state index in [1.54, 1.807) is 21.9 Å². The van der Waals surface area contributed by atoms with Gasteiger partial charge in [-0.15, -0.1) is 16.4 Å². The highest BCUT2D eigenvalue weighted by molar-refractivity contribution is 7.21. The minimum Gasteiger partial charge on any atom is -0.334 e. The summed E-state index contributed by atoms with van der Waals surface area (Å²) in [5.74, 6) is -0.270. The Kier molecular flexibility index (Phi) is 5.82. The average Bonchev–Trinajstić information content (AvgIpc) is 3.44. The van der Waals surface area contributed by atoms with Crippen molar-refractivity contribution in [2.24, 2.45) is 0 Å². The predicted molar refractivity (Wildman–Crippen MR) is 130 cm³/mol. The Morgan fingerprint density at radius 1 is 1.06 bits per heavy atom. The van der Waals surface area contributed by atoms with E-state index in [1.807, 2.05) is 43.3 Å². The van der Waals surface area contributed by atoms with Crippen LogP contribution in [0.25, 0.3) is 15.8 Å². The number of hydrogen-bond acceptors (Lipinski definition) is 5. The van der Waals surface area contributed by atoms with Gasteiger partial charge in [0.1, 0.15) is 11.2 Å². The van der Waals surface area contributed by atoms with Crippen molar-refractivity contribution in [2.75, 3.05) is 19.6 Å². The molecule has 168 valence electrons. The number of hydrogen-bond donors (Lipinski definition) is 0. The van der Waals surface area contributed by atoms with E-state index in [9.17, 15) is 9.59 Å². The molecular formula is C23H19Cl2N5O2S. The Labute approximate surface area is 204 Å². The van der Waals surface area contributed by atoms with Gasteiger partial charge in [0, 0.05) is 40.8 Å². The molecule has 33 heavy (non-hydrogen) atoms. The van der Waals surface area contributed by atoms with E-state index in [-0.39, 0.29) is 23.7 Å². The van der Waals surface area contributed by atoms with Crippen molar-refractivity contribution < 1.29 is 9.59 Å². The van der Waals surface area contributed by atoms with Crippen LogP contribution in [0.2, 0.25) is 10.0 Å². The molecule has 2 aromatic heterocycles. The summed E-state index contributed by atoms with van der Waals surface area (Å²) < 4.78 is 2.50. The zero-order valence-electron chi connectivity index (χ0n) is 17.6. The van der Waals surface area contributed by atoms with Crippen LogP contribution < -0.4 is 0 Å². The Hall–Kier alpha value is -2.94. The predicted octanol–water partition coefficient (Wildman–Crippen LogP) is 4.78. The standard InChI is InChI=1S/C23H19Cl2N5O2S/c1-14-12-28(22(31)20-19(25)17-7-2-3-8-18(17)33-20)9-10-29(14)23(32)21-26-13-30(27-21)16-6-4-5-15(24)11-16/h2-8,11,13-14H,9-10,12H2,1H3. The van der Waals surface area contributed by atoms with Gasteiger partial charge in [-0.05, 0) is 31.2 Å². The van der Waals surface area contributed by atoms with Crippen molar-refractivity contribution in [3.05, 3.63) is 75.6 Å². The van der Waals surface area contributed by atoms with Gasteiger partial charge in [0.05, 0.1) is 10.7 Å². The quantitative estimate of drug-likeness (QED) is 0.406. The molecule has 10 heteroatoms. The number of carbonyl (C=O) groups is 2. The molecule has 0 aliphatic carbocycles. The first-order valence-electron chi connectivity index (χ1n) is 10.4. The third kappa shape index (κ3) is 4.10. The van der Waals surface area contributed by atoms with Gasteiger partial charge >= 0.3 is 0 Å². The highest BCUT2D eigenvalue weighted by Gasteiger charge is 2.33. The molecule has 1 aliphatic rings. The smallest absolute Gasteiger partial charge is 0.293 e. The molecule has 1 aliphatic heterocycles. The molecule has 3 heterocycles. The lowest BCUT2D eigenvalue weighted by Gasteiger charge is -2.39. The summed E-state index contributed by atoms with van der Waals surface area (Å²) in [5, 5.41) is 6.27. The Morgan fingerprint density at radius 3 is 2.64 bits per heavy atom. The summed E-state index contributed by atoms with van der Waals surface area (Å²) in [5.41, 5.74) is 0.720. The lowest BCUT2D eigenvalue weighted by atomic mass is 10.1. The number of rotatable bonds is 3. The van der Waals surface area contributed by atoms with Gasteiger partial charge in [-0.1, -0.05) is 47.5 Å². The van der Waals surface area contributed by atoms with Crippen LogP contribution in [0.5, 0.6) is 0 Å². The summed E-state index contributed by atoms with van der Waals surface area (Å²) in [7, 11) is 0. The summed E-state index contributed by atoms with van der Waals surface area (Å²) in [6.45, 7) is 3.12. The fourth-order valence-electron chi connectivity index (χ4n) is 3.97. The molecule has 5 rings (SSSR count). The molecule has 4 aromatic rings. The number of fused-ring (bicyclic) bond motifs is 1. The van der Waals surface area contributed by atoms with E-state index < -0.39 is 0 Å². The molecule has 1 saturated heterocycles. The maximum atomic E-state index is 13.2. The number of piperazine rings is 1. The monoisotopic (exact) mass is 499 g/mol. The molecule has 0 bridgehead atoms. The summed E-state index contributed by atoms with van der Waals surface area (Å²) in [6, 6.07) is 14.7. The number of benzene rings is 2. The van der Waals surface area contributed by atoms with Gasteiger partial charge in [-0.3, -0.25) is 9.59 Å². The number of thiophene rings is 1. The van der Waals surface area contributed by atoms with E-state index in [1.165, 1.54) is 22.3 Å². The summed E-state index contributed by atoms with van der Waals surface area (Å²) in [4.78, 5) is 34.4. The van der Waals surface area contributed by atoms with Crippen molar-refractivity contribution >= 4 is 56.4 Å². The Balaban J connectivity index is 1.30. The molecule has 0 radical (unpaired) electrons. The second kappa shape index (κ2) is 8.78. The van der Waals surface area contributed by atoms with Crippen LogP contribution in [0.3, 0.4) is 0 Å². The maximum absolute atomic E-state index is 13.2. The van der Waals surface area contributed by atoms with E-state index in [0.29, 0.717) is 34.6 Å². The van der Waals surface area contributed by atoms with Crippen molar-refractivity contribution in [2.45, 2.75) is 13.0 Å². The number of nitrogens with zero attached hydrogens (tertiary/aromatic N) is 5. The number of halogens is 2. The van der Waals surface area contributed by atoms with Gasteiger partial charge in [-0.2, -0.15) is 0 Å². The molecule has 0 spiro atoms. The van der Waals surface area contributed by atoms with Crippen LogP contribution in [-0.4, -0.2) is 62.1 Å². The molecule has 2 amide bonds. The van der Waals surface area contributed by atoms with E-state index in [2.05, 4.69) is 10.1 Å². The van der Waals surface area contributed by atoms with Crippen LogP contribution in [-0.2, 0) is 0 Å².